The first kappa shape index (κ1) is 15.1. The predicted octanol–water partition coefficient (Wildman–Crippen LogP) is 2.33. The molecule has 0 radical (unpaired) electrons. The summed E-state index contributed by atoms with van der Waals surface area (Å²) in [5, 5.41) is 24.0. The van der Waals surface area contributed by atoms with Crippen molar-refractivity contribution in [3.8, 4) is 11.5 Å². The molecular formula is C16H13NO5S. The number of phenolic OH excluding ortho intramolecular Hbond substituents is 1. The molecule has 1 aliphatic rings. The third-order valence-corrected chi connectivity index (χ3v) is 4.43. The zero-order chi connectivity index (χ0) is 16.6. The molecule has 0 aliphatic carbocycles. The monoisotopic (exact) mass is 331 g/mol. The van der Waals surface area contributed by atoms with Crippen LogP contribution in [-0.4, -0.2) is 29.0 Å². The molecule has 0 saturated carbocycles. The maximum Gasteiger partial charge on any atom is 0.287 e. The smallest absolute Gasteiger partial charge is 0.287 e. The average molecular weight is 331 g/mol. The lowest BCUT2D eigenvalue weighted by Crippen LogP contribution is -2.23. The van der Waals surface area contributed by atoms with Gasteiger partial charge in [-0.1, -0.05) is 12.1 Å². The second-order valence-corrected chi connectivity index (χ2v) is 5.85. The molecule has 0 unspecified atom stereocenters. The van der Waals surface area contributed by atoms with Crippen LogP contribution in [0.5, 0.6) is 11.5 Å². The number of carbonyl (C=O) groups is 2. The molecule has 0 saturated heterocycles. The minimum absolute atomic E-state index is 0.00908. The summed E-state index contributed by atoms with van der Waals surface area (Å²) in [6.45, 7) is 0. The van der Waals surface area contributed by atoms with Crippen molar-refractivity contribution in [2.75, 3.05) is 7.11 Å². The quantitative estimate of drug-likeness (QED) is 0.747. The Morgan fingerprint density at radius 2 is 2.09 bits per heavy atom. The molecule has 1 amide bonds. The second-order valence-electron chi connectivity index (χ2n) is 4.91. The molecule has 3 rings (SSSR count). The van der Waals surface area contributed by atoms with Gasteiger partial charge in [0.15, 0.2) is 17.3 Å². The van der Waals surface area contributed by atoms with Crippen LogP contribution in [0.1, 0.15) is 21.3 Å². The van der Waals surface area contributed by atoms with E-state index in [1.54, 1.807) is 23.6 Å². The van der Waals surface area contributed by atoms with Crippen molar-refractivity contribution >= 4 is 23.0 Å². The van der Waals surface area contributed by atoms with Crippen LogP contribution >= 0.6 is 11.3 Å². The van der Waals surface area contributed by atoms with Crippen molar-refractivity contribution in [3.05, 3.63) is 57.5 Å². The molecule has 7 heteroatoms. The molecule has 2 aromatic rings. The van der Waals surface area contributed by atoms with Crippen LogP contribution in [0.3, 0.4) is 0 Å². The van der Waals surface area contributed by atoms with Crippen molar-refractivity contribution in [3.63, 3.8) is 0 Å². The van der Waals surface area contributed by atoms with Crippen LogP contribution in [-0.2, 0) is 4.79 Å². The van der Waals surface area contributed by atoms with Gasteiger partial charge in [0.1, 0.15) is 0 Å². The minimum atomic E-state index is -0.799. The Labute approximate surface area is 135 Å². The van der Waals surface area contributed by atoms with Crippen LogP contribution in [0.25, 0.3) is 0 Å². The highest BCUT2D eigenvalue weighted by atomic mass is 32.1. The van der Waals surface area contributed by atoms with E-state index in [2.05, 4.69) is 5.32 Å². The molecule has 1 aliphatic heterocycles. The van der Waals surface area contributed by atoms with E-state index in [0.717, 1.165) is 0 Å². The van der Waals surface area contributed by atoms with E-state index in [1.807, 2.05) is 0 Å². The fraction of sp³-hybridized carbons (Fsp3) is 0.125. The number of rotatable bonds is 4. The zero-order valence-electron chi connectivity index (χ0n) is 12.1. The van der Waals surface area contributed by atoms with Gasteiger partial charge in [0.25, 0.3) is 5.91 Å². The van der Waals surface area contributed by atoms with E-state index in [1.165, 1.54) is 30.6 Å². The van der Waals surface area contributed by atoms with Gasteiger partial charge < -0.3 is 20.3 Å². The molecular weight excluding hydrogens is 318 g/mol. The molecule has 3 N–H and O–H groups in total. The summed E-state index contributed by atoms with van der Waals surface area (Å²) in [5.74, 6) is -1.54. The largest absolute Gasteiger partial charge is 0.504 e. The summed E-state index contributed by atoms with van der Waals surface area (Å²) < 4.78 is 5.04. The minimum Gasteiger partial charge on any atom is -0.504 e. The van der Waals surface area contributed by atoms with Crippen LogP contribution in [0, 0.1) is 0 Å². The van der Waals surface area contributed by atoms with Crippen molar-refractivity contribution < 1.29 is 24.5 Å². The number of hydrogen-bond acceptors (Lipinski definition) is 6. The molecule has 2 heterocycles. The number of benzene rings is 1. The molecule has 6 nitrogen and oxygen atoms in total. The number of aliphatic hydroxyl groups is 1. The van der Waals surface area contributed by atoms with Crippen LogP contribution in [0.4, 0.5) is 0 Å². The molecule has 118 valence electrons. The van der Waals surface area contributed by atoms with Gasteiger partial charge >= 0.3 is 0 Å². The normalized spacial score (nSPS) is 17.3. The molecule has 1 atom stereocenters. The number of methoxy groups -OCH3 is 1. The lowest BCUT2D eigenvalue weighted by molar-refractivity contribution is -0.119. The molecule has 1 aromatic heterocycles. The third kappa shape index (κ3) is 2.55. The van der Waals surface area contributed by atoms with Crippen LogP contribution in [0.15, 0.2) is 47.0 Å². The molecule has 0 bridgehead atoms. The van der Waals surface area contributed by atoms with Crippen LogP contribution < -0.4 is 10.1 Å². The number of hydrogen-bond donors (Lipinski definition) is 3. The van der Waals surface area contributed by atoms with E-state index in [0.29, 0.717) is 10.4 Å². The molecule has 0 spiro atoms. The lowest BCUT2D eigenvalue weighted by atomic mass is 9.96. The summed E-state index contributed by atoms with van der Waals surface area (Å²) in [6, 6.07) is 7.03. The number of phenols is 1. The van der Waals surface area contributed by atoms with E-state index in [-0.39, 0.29) is 17.1 Å². The first-order chi connectivity index (χ1) is 11.0. The average Bonchev–Trinajstić information content (AvgIpc) is 3.17. The van der Waals surface area contributed by atoms with Gasteiger partial charge in [-0.15, -0.1) is 11.3 Å². The van der Waals surface area contributed by atoms with E-state index >= 15 is 0 Å². The Morgan fingerprint density at radius 3 is 2.74 bits per heavy atom. The van der Waals surface area contributed by atoms with Gasteiger partial charge in [-0.2, -0.15) is 0 Å². The van der Waals surface area contributed by atoms with Crippen molar-refractivity contribution in [2.24, 2.45) is 0 Å². The maximum absolute atomic E-state index is 12.6. The Balaban J connectivity index is 2.05. The summed E-state index contributed by atoms with van der Waals surface area (Å²) in [5.41, 5.74) is 0.516. The van der Waals surface area contributed by atoms with E-state index in [4.69, 9.17) is 4.74 Å². The maximum atomic E-state index is 12.6. The van der Waals surface area contributed by atoms with Gasteiger partial charge in [-0.3, -0.25) is 9.59 Å². The number of aliphatic hydroxyl groups excluding tert-OH is 1. The number of ether oxygens (including phenoxy) is 1. The Hall–Kier alpha value is -2.80. The van der Waals surface area contributed by atoms with Gasteiger partial charge in [-0.05, 0) is 29.1 Å². The van der Waals surface area contributed by atoms with Gasteiger partial charge in [0.2, 0.25) is 5.78 Å². The molecule has 23 heavy (non-hydrogen) atoms. The first-order valence-corrected chi connectivity index (χ1v) is 7.60. The van der Waals surface area contributed by atoms with Crippen molar-refractivity contribution in [2.45, 2.75) is 6.04 Å². The summed E-state index contributed by atoms with van der Waals surface area (Å²) in [6.07, 6.45) is 0. The zero-order valence-corrected chi connectivity index (χ0v) is 12.9. The number of carbonyl (C=O) groups excluding carboxylic acids is 2. The number of thiophene rings is 1. The highest BCUT2D eigenvalue weighted by Gasteiger charge is 2.38. The standard InChI is InChI=1S/C16H13NO5S/c1-22-10-7-8(4-5-9(10)18)13-12(15(20)16(21)17-13)14(19)11-3-2-6-23-11/h2-7,13,18,20H,1H3,(H,17,21)/t13-/m1/s1. The Bertz CT molecular complexity index is 810. The predicted molar refractivity (Wildman–Crippen MR) is 83.8 cm³/mol. The number of aromatic hydroxyl groups is 1. The topological polar surface area (TPSA) is 95.9 Å². The summed E-state index contributed by atoms with van der Waals surface area (Å²) in [7, 11) is 1.40. The van der Waals surface area contributed by atoms with Gasteiger partial charge in [0.05, 0.1) is 23.6 Å². The highest BCUT2D eigenvalue weighted by molar-refractivity contribution is 7.12. The number of amides is 1. The van der Waals surface area contributed by atoms with E-state index in [9.17, 15) is 19.8 Å². The lowest BCUT2D eigenvalue weighted by Gasteiger charge is -2.15. The molecule has 1 aromatic carbocycles. The van der Waals surface area contributed by atoms with Crippen molar-refractivity contribution in [1.82, 2.24) is 5.32 Å². The van der Waals surface area contributed by atoms with Gasteiger partial charge in [0, 0.05) is 0 Å². The SMILES string of the molecule is COc1cc([C@H]2NC(=O)C(O)=C2C(=O)c2cccs2)ccc1O. The third-order valence-electron chi connectivity index (χ3n) is 3.56. The fourth-order valence-electron chi connectivity index (χ4n) is 2.43. The number of Topliss-reactive ketones (excluding diaryl/α,β-unsaturated/α-hetero) is 1. The van der Waals surface area contributed by atoms with Crippen molar-refractivity contribution in [1.29, 1.82) is 0 Å². The summed E-state index contributed by atoms with van der Waals surface area (Å²) >= 11 is 1.23. The summed E-state index contributed by atoms with van der Waals surface area (Å²) in [4.78, 5) is 24.8. The number of ketones is 1. The Morgan fingerprint density at radius 1 is 1.30 bits per heavy atom. The molecule has 0 fully saturated rings. The number of nitrogens with one attached hydrogen (secondary N) is 1. The first-order valence-electron chi connectivity index (χ1n) is 6.72. The fourth-order valence-corrected chi connectivity index (χ4v) is 3.11. The van der Waals surface area contributed by atoms with E-state index < -0.39 is 23.5 Å². The second kappa shape index (κ2) is 5.77. The van der Waals surface area contributed by atoms with Crippen LogP contribution in [0.2, 0.25) is 0 Å². The Kier molecular flexibility index (Phi) is 3.79. The van der Waals surface area contributed by atoms with Gasteiger partial charge in [-0.25, -0.2) is 0 Å². The highest BCUT2D eigenvalue weighted by Crippen LogP contribution is 2.36.